The van der Waals surface area contributed by atoms with Crippen molar-refractivity contribution < 1.29 is 14.3 Å². The van der Waals surface area contributed by atoms with Crippen LogP contribution in [-0.2, 0) is 4.79 Å². The lowest BCUT2D eigenvalue weighted by Gasteiger charge is -2.18. The van der Waals surface area contributed by atoms with Crippen LogP contribution < -0.4 is 15.0 Å². The van der Waals surface area contributed by atoms with Gasteiger partial charge < -0.3 is 15.0 Å². The van der Waals surface area contributed by atoms with Gasteiger partial charge in [0.1, 0.15) is 10.8 Å². The number of carbonyl (C=O) groups is 2. The van der Waals surface area contributed by atoms with Crippen molar-refractivity contribution in [1.82, 2.24) is 4.98 Å². The molecule has 3 aromatic rings. The summed E-state index contributed by atoms with van der Waals surface area (Å²) in [6, 6.07) is 14.1. The van der Waals surface area contributed by atoms with Crippen LogP contribution in [0.5, 0.6) is 5.75 Å². The molecule has 0 spiro atoms. The van der Waals surface area contributed by atoms with Crippen molar-refractivity contribution in [1.29, 1.82) is 0 Å². The molecule has 1 aromatic heterocycles. The number of hydrogen-bond donors (Lipinski definition) is 1. The number of fused-ring (bicyclic) bond motifs is 2. The van der Waals surface area contributed by atoms with Gasteiger partial charge in [0.05, 0.1) is 11.3 Å². The molecule has 0 fully saturated rings. The first-order valence-corrected chi connectivity index (χ1v) is 10.4. The quantitative estimate of drug-likeness (QED) is 0.632. The van der Waals surface area contributed by atoms with E-state index in [4.69, 9.17) is 16.3 Å². The van der Waals surface area contributed by atoms with Gasteiger partial charge in [0.25, 0.3) is 11.8 Å². The molecule has 1 N–H and O–H groups in total. The standard InChI is InChI=1S/C22H18ClN3O3S/c1-13-10-14(23)5-8-18(13)29-12-20(27)25-15-6-7-17-19(11-15)30-21-16(4-3-9-24-21)22(28)26(17)2/h3-11H,12H2,1-2H3,(H,25,27). The molecule has 6 nitrogen and oxygen atoms in total. The lowest BCUT2D eigenvalue weighted by molar-refractivity contribution is -0.118. The average Bonchev–Trinajstić information content (AvgIpc) is 2.82. The highest BCUT2D eigenvalue weighted by Crippen LogP contribution is 2.41. The number of anilines is 2. The zero-order valence-electron chi connectivity index (χ0n) is 16.3. The van der Waals surface area contributed by atoms with Gasteiger partial charge in [-0.05, 0) is 61.0 Å². The first kappa shape index (κ1) is 20.3. The number of aryl methyl sites for hydroxylation is 1. The Morgan fingerprint density at radius 2 is 2.07 bits per heavy atom. The second kappa shape index (κ2) is 8.38. The maximum Gasteiger partial charge on any atom is 0.262 e. The summed E-state index contributed by atoms with van der Waals surface area (Å²) < 4.78 is 5.60. The number of nitrogens with one attached hydrogen (secondary N) is 1. The number of benzene rings is 2. The van der Waals surface area contributed by atoms with Crippen LogP contribution in [0.15, 0.2) is 64.6 Å². The number of carbonyl (C=O) groups excluding carboxylic acids is 2. The third-order valence-electron chi connectivity index (χ3n) is 4.61. The summed E-state index contributed by atoms with van der Waals surface area (Å²) in [4.78, 5) is 31.8. The summed E-state index contributed by atoms with van der Waals surface area (Å²) in [6.07, 6.45) is 1.66. The molecule has 0 saturated carbocycles. The van der Waals surface area contributed by atoms with Gasteiger partial charge in [0, 0.05) is 28.9 Å². The summed E-state index contributed by atoms with van der Waals surface area (Å²) in [5, 5.41) is 4.09. The molecule has 2 aromatic carbocycles. The third kappa shape index (κ3) is 4.13. The molecule has 0 radical (unpaired) electrons. The fourth-order valence-corrected chi connectivity index (χ4v) is 4.40. The molecular weight excluding hydrogens is 422 g/mol. The maximum absolute atomic E-state index is 12.7. The fraction of sp³-hybridized carbons (Fsp3) is 0.136. The highest BCUT2D eigenvalue weighted by atomic mass is 35.5. The van der Waals surface area contributed by atoms with Crippen molar-refractivity contribution in [3.63, 3.8) is 0 Å². The number of halogens is 1. The Morgan fingerprint density at radius 1 is 1.23 bits per heavy atom. The number of aromatic nitrogens is 1. The maximum atomic E-state index is 12.7. The first-order valence-electron chi connectivity index (χ1n) is 9.16. The van der Waals surface area contributed by atoms with Gasteiger partial charge in [0.2, 0.25) is 0 Å². The number of pyridine rings is 1. The summed E-state index contributed by atoms with van der Waals surface area (Å²) in [5.41, 5.74) is 2.78. The highest BCUT2D eigenvalue weighted by Gasteiger charge is 2.25. The van der Waals surface area contributed by atoms with Crippen LogP contribution in [-0.4, -0.2) is 30.5 Å². The molecular formula is C22H18ClN3O3S. The molecule has 2 amide bonds. The van der Waals surface area contributed by atoms with E-state index in [0.717, 1.165) is 16.1 Å². The van der Waals surface area contributed by atoms with Gasteiger partial charge in [0.15, 0.2) is 6.61 Å². The molecule has 2 heterocycles. The largest absolute Gasteiger partial charge is 0.483 e. The predicted molar refractivity (Wildman–Crippen MR) is 118 cm³/mol. The molecule has 0 aliphatic carbocycles. The minimum atomic E-state index is -0.286. The molecule has 0 saturated heterocycles. The Kier molecular flexibility index (Phi) is 5.65. The van der Waals surface area contributed by atoms with Crippen LogP contribution in [0.1, 0.15) is 15.9 Å². The monoisotopic (exact) mass is 439 g/mol. The zero-order chi connectivity index (χ0) is 21.3. The molecule has 0 bridgehead atoms. The van der Waals surface area contributed by atoms with Crippen LogP contribution in [0.4, 0.5) is 11.4 Å². The van der Waals surface area contributed by atoms with E-state index in [1.807, 2.05) is 19.1 Å². The van der Waals surface area contributed by atoms with E-state index in [2.05, 4.69) is 10.3 Å². The Bertz CT molecular complexity index is 1150. The van der Waals surface area contributed by atoms with Crippen molar-refractivity contribution in [2.75, 3.05) is 23.9 Å². The molecule has 8 heteroatoms. The molecule has 152 valence electrons. The number of ether oxygens (including phenoxy) is 1. The first-order chi connectivity index (χ1) is 14.4. The number of rotatable bonds is 4. The molecule has 4 rings (SSSR count). The molecule has 0 unspecified atom stereocenters. The van der Waals surface area contributed by atoms with Crippen LogP contribution >= 0.6 is 23.4 Å². The predicted octanol–water partition coefficient (Wildman–Crippen LogP) is 4.80. The van der Waals surface area contributed by atoms with Crippen molar-refractivity contribution in [2.24, 2.45) is 0 Å². The Labute approximate surface area is 183 Å². The van der Waals surface area contributed by atoms with Gasteiger partial charge in [-0.15, -0.1) is 0 Å². The zero-order valence-corrected chi connectivity index (χ0v) is 17.9. The Balaban J connectivity index is 1.50. The third-order valence-corrected chi connectivity index (χ3v) is 5.91. The number of amides is 2. The molecule has 30 heavy (non-hydrogen) atoms. The van der Waals surface area contributed by atoms with Crippen molar-refractivity contribution in [3.8, 4) is 5.75 Å². The minimum absolute atomic E-state index is 0.118. The van der Waals surface area contributed by atoms with Crippen LogP contribution in [0.3, 0.4) is 0 Å². The topological polar surface area (TPSA) is 71.5 Å². The molecule has 1 aliphatic heterocycles. The molecule has 1 aliphatic rings. The van der Waals surface area contributed by atoms with E-state index in [9.17, 15) is 9.59 Å². The van der Waals surface area contributed by atoms with Gasteiger partial charge in [-0.25, -0.2) is 4.98 Å². The van der Waals surface area contributed by atoms with E-state index in [1.165, 1.54) is 11.8 Å². The van der Waals surface area contributed by atoms with E-state index in [0.29, 0.717) is 27.0 Å². The number of nitrogens with zero attached hydrogens (tertiary/aromatic N) is 2. The van der Waals surface area contributed by atoms with E-state index >= 15 is 0 Å². The van der Waals surface area contributed by atoms with E-state index in [-0.39, 0.29) is 18.4 Å². The van der Waals surface area contributed by atoms with Gasteiger partial charge in [-0.3, -0.25) is 9.59 Å². The SMILES string of the molecule is Cc1cc(Cl)ccc1OCC(=O)Nc1ccc2c(c1)Sc1ncccc1C(=O)N2C. The number of hydrogen-bond acceptors (Lipinski definition) is 5. The molecule has 0 atom stereocenters. The Hall–Kier alpha value is -3.03. The highest BCUT2D eigenvalue weighted by molar-refractivity contribution is 7.99. The van der Waals surface area contributed by atoms with E-state index in [1.54, 1.807) is 54.5 Å². The lowest BCUT2D eigenvalue weighted by atomic mass is 10.2. The second-order valence-electron chi connectivity index (χ2n) is 6.75. The summed E-state index contributed by atoms with van der Waals surface area (Å²) in [5.74, 6) is 0.202. The van der Waals surface area contributed by atoms with Crippen molar-refractivity contribution >= 4 is 46.6 Å². The summed E-state index contributed by atoms with van der Waals surface area (Å²) in [6.45, 7) is 1.74. The van der Waals surface area contributed by atoms with Crippen LogP contribution in [0.2, 0.25) is 5.02 Å². The van der Waals surface area contributed by atoms with Crippen molar-refractivity contribution in [2.45, 2.75) is 16.8 Å². The van der Waals surface area contributed by atoms with Gasteiger partial charge >= 0.3 is 0 Å². The summed E-state index contributed by atoms with van der Waals surface area (Å²) in [7, 11) is 1.73. The van der Waals surface area contributed by atoms with Crippen LogP contribution in [0.25, 0.3) is 0 Å². The van der Waals surface area contributed by atoms with E-state index < -0.39 is 0 Å². The van der Waals surface area contributed by atoms with Gasteiger partial charge in [-0.1, -0.05) is 23.4 Å². The lowest BCUT2D eigenvalue weighted by Crippen LogP contribution is -2.26. The Morgan fingerprint density at radius 3 is 2.87 bits per heavy atom. The average molecular weight is 440 g/mol. The second-order valence-corrected chi connectivity index (χ2v) is 8.22. The normalized spacial score (nSPS) is 12.6. The van der Waals surface area contributed by atoms with Crippen molar-refractivity contribution in [3.05, 3.63) is 70.9 Å². The smallest absolute Gasteiger partial charge is 0.262 e. The van der Waals surface area contributed by atoms with Crippen LogP contribution in [0, 0.1) is 6.92 Å². The fourth-order valence-electron chi connectivity index (χ4n) is 3.10. The van der Waals surface area contributed by atoms with Gasteiger partial charge in [-0.2, -0.15) is 0 Å². The summed E-state index contributed by atoms with van der Waals surface area (Å²) >= 11 is 7.34. The minimum Gasteiger partial charge on any atom is -0.483 e.